The molecule has 0 atom stereocenters. The van der Waals surface area contributed by atoms with Crippen molar-refractivity contribution in [3.05, 3.63) is 54.5 Å². The van der Waals surface area contributed by atoms with E-state index in [0.29, 0.717) is 26.2 Å². The highest BCUT2D eigenvalue weighted by Crippen LogP contribution is 2.11. The molecule has 1 saturated heterocycles. The number of piperazine rings is 1. The predicted octanol–water partition coefficient (Wildman–Crippen LogP) is 0.933. The van der Waals surface area contributed by atoms with Crippen molar-refractivity contribution >= 4 is 21.8 Å². The Hall–Kier alpha value is -2.65. The van der Waals surface area contributed by atoms with Gasteiger partial charge in [-0.1, -0.05) is 18.2 Å². The van der Waals surface area contributed by atoms with E-state index in [1.54, 1.807) is 40.1 Å². The number of furan rings is 1. The van der Waals surface area contributed by atoms with Crippen molar-refractivity contribution in [3.63, 3.8) is 0 Å². The quantitative estimate of drug-likeness (QED) is 0.790. The standard InChI is InChI=1S/C18H21N3O5S/c22-17(8-9-19-27(24,25)15-5-2-1-3-6-15)20-10-12-21(13-11-20)18(23)16-7-4-14-26-16/h1-7,14,19H,8-13H2. The van der Waals surface area contributed by atoms with Gasteiger partial charge >= 0.3 is 0 Å². The number of sulfonamides is 1. The van der Waals surface area contributed by atoms with Gasteiger partial charge in [-0.3, -0.25) is 9.59 Å². The first kappa shape index (κ1) is 19.1. The number of carbonyl (C=O) groups excluding carboxylic acids is 2. The van der Waals surface area contributed by atoms with Gasteiger partial charge < -0.3 is 14.2 Å². The van der Waals surface area contributed by atoms with Crippen LogP contribution >= 0.6 is 0 Å². The normalized spacial score (nSPS) is 15.0. The van der Waals surface area contributed by atoms with Gasteiger partial charge in [-0.05, 0) is 24.3 Å². The first-order valence-corrected chi connectivity index (χ1v) is 10.1. The SMILES string of the molecule is O=C(CCNS(=O)(=O)c1ccccc1)N1CCN(C(=O)c2ccco2)CC1. The van der Waals surface area contributed by atoms with E-state index in [0.717, 1.165) is 0 Å². The van der Waals surface area contributed by atoms with Crippen LogP contribution in [0.25, 0.3) is 0 Å². The van der Waals surface area contributed by atoms with Crippen molar-refractivity contribution < 1.29 is 22.4 Å². The Balaban J connectivity index is 1.44. The van der Waals surface area contributed by atoms with Gasteiger partial charge in [-0.15, -0.1) is 0 Å². The lowest BCUT2D eigenvalue weighted by Crippen LogP contribution is -2.51. The molecule has 3 rings (SSSR count). The van der Waals surface area contributed by atoms with E-state index in [1.807, 2.05) is 0 Å². The van der Waals surface area contributed by atoms with E-state index in [1.165, 1.54) is 18.4 Å². The molecule has 1 aliphatic heterocycles. The van der Waals surface area contributed by atoms with Crippen LogP contribution in [0, 0.1) is 0 Å². The van der Waals surface area contributed by atoms with Crippen LogP contribution in [0.4, 0.5) is 0 Å². The monoisotopic (exact) mass is 391 g/mol. The zero-order valence-corrected chi connectivity index (χ0v) is 15.5. The molecule has 2 aromatic rings. The minimum Gasteiger partial charge on any atom is -0.459 e. The summed E-state index contributed by atoms with van der Waals surface area (Å²) in [4.78, 5) is 28.0. The summed E-state index contributed by atoms with van der Waals surface area (Å²) in [5.41, 5.74) is 0. The van der Waals surface area contributed by atoms with E-state index in [-0.39, 0.29) is 35.4 Å². The summed E-state index contributed by atoms with van der Waals surface area (Å²) in [6.45, 7) is 1.69. The number of nitrogens with zero attached hydrogens (tertiary/aromatic N) is 2. The molecule has 27 heavy (non-hydrogen) atoms. The molecular weight excluding hydrogens is 370 g/mol. The van der Waals surface area contributed by atoms with E-state index >= 15 is 0 Å². The van der Waals surface area contributed by atoms with Crippen LogP contribution < -0.4 is 4.72 Å². The molecule has 0 radical (unpaired) electrons. The summed E-state index contributed by atoms with van der Waals surface area (Å²) in [6.07, 6.45) is 1.52. The van der Waals surface area contributed by atoms with Gasteiger partial charge in [0.2, 0.25) is 15.9 Å². The molecule has 8 nitrogen and oxygen atoms in total. The van der Waals surface area contributed by atoms with Crippen LogP contribution in [-0.4, -0.2) is 62.8 Å². The molecule has 0 unspecified atom stereocenters. The predicted molar refractivity (Wildman–Crippen MR) is 97.4 cm³/mol. The van der Waals surface area contributed by atoms with Gasteiger partial charge in [0, 0.05) is 39.1 Å². The molecule has 144 valence electrons. The van der Waals surface area contributed by atoms with Crippen molar-refractivity contribution in [3.8, 4) is 0 Å². The van der Waals surface area contributed by atoms with Gasteiger partial charge in [-0.25, -0.2) is 13.1 Å². The smallest absolute Gasteiger partial charge is 0.289 e. The average Bonchev–Trinajstić information content (AvgIpc) is 3.23. The number of carbonyl (C=O) groups is 2. The molecule has 1 aromatic heterocycles. The molecule has 0 aliphatic carbocycles. The molecule has 0 spiro atoms. The topological polar surface area (TPSA) is 99.9 Å². The van der Waals surface area contributed by atoms with Gasteiger partial charge in [-0.2, -0.15) is 0 Å². The third-order valence-corrected chi connectivity index (χ3v) is 5.81. The number of hydrogen-bond acceptors (Lipinski definition) is 5. The zero-order chi connectivity index (χ0) is 19.3. The summed E-state index contributed by atoms with van der Waals surface area (Å²) in [6, 6.07) is 11.3. The van der Waals surface area contributed by atoms with Crippen molar-refractivity contribution in [2.75, 3.05) is 32.7 Å². The zero-order valence-electron chi connectivity index (χ0n) is 14.7. The van der Waals surface area contributed by atoms with Crippen LogP contribution in [-0.2, 0) is 14.8 Å². The molecule has 9 heteroatoms. The van der Waals surface area contributed by atoms with E-state index in [2.05, 4.69) is 4.72 Å². The fourth-order valence-corrected chi connectivity index (χ4v) is 3.90. The summed E-state index contributed by atoms with van der Waals surface area (Å²) in [7, 11) is -3.62. The highest BCUT2D eigenvalue weighted by atomic mass is 32.2. The number of benzene rings is 1. The Labute approximate surface area is 157 Å². The highest BCUT2D eigenvalue weighted by molar-refractivity contribution is 7.89. The number of nitrogens with one attached hydrogen (secondary N) is 1. The van der Waals surface area contributed by atoms with Crippen molar-refractivity contribution in [1.29, 1.82) is 0 Å². The minimum atomic E-state index is -3.62. The minimum absolute atomic E-state index is 0.0294. The Morgan fingerprint density at radius 1 is 0.963 bits per heavy atom. The third kappa shape index (κ3) is 4.75. The molecule has 1 aliphatic rings. The fourth-order valence-electron chi connectivity index (χ4n) is 2.85. The molecule has 1 N–H and O–H groups in total. The van der Waals surface area contributed by atoms with Gasteiger partial charge in [0.15, 0.2) is 5.76 Å². The Kier molecular flexibility index (Phi) is 5.92. The molecule has 0 saturated carbocycles. The second kappa shape index (κ2) is 8.36. The number of hydrogen-bond donors (Lipinski definition) is 1. The fraction of sp³-hybridized carbons (Fsp3) is 0.333. The van der Waals surface area contributed by atoms with Crippen LogP contribution in [0.5, 0.6) is 0 Å². The second-order valence-electron chi connectivity index (χ2n) is 6.11. The summed E-state index contributed by atoms with van der Waals surface area (Å²) in [5, 5.41) is 0. The van der Waals surface area contributed by atoms with Crippen molar-refractivity contribution in [1.82, 2.24) is 14.5 Å². The van der Waals surface area contributed by atoms with E-state index in [9.17, 15) is 18.0 Å². The Morgan fingerprint density at radius 3 is 2.26 bits per heavy atom. The molecule has 1 aromatic carbocycles. The largest absolute Gasteiger partial charge is 0.459 e. The maximum atomic E-state index is 12.3. The molecule has 1 fully saturated rings. The molecule has 2 amide bonds. The summed E-state index contributed by atoms with van der Waals surface area (Å²) >= 11 is 0. The van der Waals surface area contributed by atoms with Gasteiger partial charge in [0.05, 0.1) is 11.2 Å². The second-order valence-corrected chi connectivity index (χ2v) is 7.88. The van der Waals surface area contributed by atoms with Crippen LogP contribution in [0.2, 0.25) is 0 Å². The number of amides is 2. The van der Waals surface area contributed by atoms with Gasteiger partial charge in [0.25, 0.3) is 5.91 Å². The maximum absolute atomic E-state index is 12.3. The third-order valence-electron chi connectivity index (χ3n) is 4.34. The van der Waals surface area contributed by atoms with Gasteiger partial charge in [0.1, 0.15) is 0 Å². The lowest BCUT2D eigenvalue weighted by Gasteiger charge is -2.34. The van der Waals surface area contributed by atoms with Crippen molar-refractivity contribution in [2.45, 2.75) is 11.3 Å². The first-order valence-electron chi connectivity index (χ1n) is 8.62. The van der Waals surface area contributed by atoms with Crippen LogP contribution in [0.15, 0.2) is 58.0 Å². The molecular formula is C18H21N3O5S. The highest BCUT2D eigenvalue weighted by Gasteiger charge is 2.26. The lowest BCUT2D eigenvalue weighted by atomic mass is 10.2. The summed E-state index contributed by atoms with van der Waals surface area (Å²) in [5.74, 6) is -0.0522. The summed E-state index contributed by atoms with van der Waals surface area (Å²) < 4.78 is 31.8. The van der Waals surface area contributed by atoms with E-state index < -0.39 is 10.0 Å². The average molecular weight is 391 g/mol. The van der Waals surface area contributed by atoms with Crippen molar-refractivity contribution in [2.24, 2.45) is 0 Å². The van der Waals surface area contributed by atoms with E-state index in [4.69, 9.17) is 4.42 Å². The molecule has 2 heterocycles. The molecule has 0 bridgehead atoms. The number of rotatable bonds is 6. The van der Waals surface area contributed by atoms with Crippen LogP contribution in [0.1, 0.15) is 17.0 Å². The Bertz CT molecular complexity index is 873. The first-order chi connectivity index (χ1) is 13.0. The lowest BCUT2D eigenvalue weighted by molar-refractivity contribution is -0.132. The Morgan fingerprint density at radius 2 is 1.63 bits per heavy atom. The van der Waals surface area contributed by atoms with Crippen LogP contribution in [0.3, 0.4) is 0 Å². The maximum Gasteiger partial charge on any atom is 0.289 e.